The summed E-state index contributed by atoms with van der Waals surface area (Å²) in [6, 6.07) is 32.4. The van der Waals surface area contributed by atoms with Gasteiger partial charge < -0.3 is 14.7 Å². The molecule has 4 aromatic rings. The van der Waals surface area contributed by atoms with Crippen LogP contribution in [0.25, 0.3) is 0 Å². The van der Waals surface area contributed by atoms with E-state index < -0.39 is 0 Å². The van der Waals surface area contributed by atoms with Gasteiger partial charge in [0.15, 0.2) is 0 Å². The molecule has 0 radical (unpaired) electrons. The molecule has 4 aromatic carbocycles. The Morgan fingerprint density at radius 1 is 0.359 bits per heavy atom. The molecule has 3 nitrogen and oxygen atoms in total. The predicted molar refractivity (Wildman–Crippen MR) is 170 cm³/mol. The first-order valence-corrected chi connectivity index (χ1v) is 14.4. The first kappa shape index (κ1) is 28.3. The van der Waals surface area contributed by atoms with Gasteiger partial charge in [0.1, 0.15) is 0 Å². The number of anilines is 3. The third-order valence-corrected chi connectivity index (χ3v) is 8.02. The molecule has 0 N–H and O–H groups in total. The number of hydrogen-bond acceptors (Lipinski definition) is 3. The summed E-state index contributed by atoms with van der Waals surface area (Å²) in [4.78, 5) is 7.23. The second-order valence-corrected chi connectivity index (χ2v) is 10.5. The fourth-order valence-electron chi connectivity index (χ4n) is 5.98. The molecule has 0 aromatic heterocycles. The van der Waals surface area contributed by atoms with E-state index in [4.69, 9.17) is 0 Å². The molecular formula is C36H45N3. The minimum Gasteiger partial charge on any atom is -0.370 e. The standard InChI is InChI=1S/C36H45N3/c1-7-31-34(25-37(4)28-19-13-10-14-20-28)32(8-2)36(27-39(6)30-23-17-12-18-24-30)33(9-3)35(31)26-38(5)29-21-15-11-16-22-29/h10-24H,7-9,25-27H2,1-6H3. The Labute approximate surface area is 236 Å². The Morgan fingerprint density at radius 2 is 0.590 bits per heavy atom. The van der Waals surface area contributed by atoms with Crippen LogP contribution >= 0.6 is 0 Å². The molecule has 0 aliphatic carbocycles. The van der Waals surface area contributed by atoms with Gasteiger partial charge in [0.25, 0.3) is 0 Å². The second kappa shape index (κ2) is 13.4. The summed E-state index contributed by atoms with van der Waals surface area (Å²) < 4.78 is 0. The van der Waals surface area contributed by atoms with Crippen molar-refractivity contribution in [1.29, 1.82) is 0 Å². The van der Waals surface area contributed by atoms with Gasteiger partial charge in [-0.3, -0.25) is 0 Å². The Hall–Kier alpha value is -3.72. The molecule has 0 bridgehead atoms. The summed E-state index contributed by atoms with van der Waals surface area (Å²) in [6.07, 6.45) is 3.10. The maximum atomic E-state index is 2.41. The van der Waals surface area contributed by atoms with Gasteiger partial charge in [0.2, 0.25) is 0 Å². The first-order valence-electron chi connectivity index (χ1n) is 14.4. The highest BCUT2D eigenvalue weighted by Gasteiger charge is 2.24. The third-order valence-electron chi connectivity index (χ3n) is 8.02. The van der Waals surface area contributed by atoms with Crippen molar-refractivity contribution in [1.82, 2.24) is 0 Å². The van der Waals surface area contributed by atoms with E-state index in [0.717, 1.165) is 38.9 Å². The molecule has 0 aliphatic heterocycles. The van der Waals surface area contributed by atoms with E-state index in [0.29, 0.717) is 0 Å². The van der Waals surface area contributed by atoms with Gasteiger partial charge in [-0.2, -0.15) is 0 Å². The van der Waals surface area contributed by atoms with Crippen LogP contribution in [0.5, 0.6) is 0 Å². The normalized spacial score (nSPS) is 10.9. The Kier molecular flexibility index (Phi) is 9.70. The summed E-state index contributed by atoms with van der Waals surface area (Å²) in [5, 5.41) is 0. The van der Waals surface area contributed by atoms with Crippen LogP contribution in [-0.4, -0.2) is 21.1 Å². The lowest BCUT2D eigenvalue weighted by Crippen LogP contribution is -2.26. The summed E-state index contributed by atoms with van der Waals surface area (Å²) in [5.41, 5.74) is 12.9. The molecule has 0 aliphatic rings. The summed E-state index contributed by atoms with van der Waals surface area (Å²) in [7, 11) is 6.69. The minimum atomic E-state index is 0.907. The van der Waals surface area contributed by atoms with Crippen molar-refractivity contribution < 1.29 is 0 Å². The molecule has 0 atom stereocenters. The van der Waals surface area contributed by atoms with Crippen molar-refractivity contribution in [3.8, 4) is 0 Å². The van der Waals surface area contributed by atoms with Crippen molar-refractivity contribution in [3.05, 3.63) is 124 Å². The van der Waals surface area contributed by atoms with Gasteiger partial charge in [-0.1, -0.05) is 75.4 Å². The molecule has 0 saturated heterocycles. The lowest BCUT2D eigenvalue weighted by atomic mass is 9.82. The highest BCUT2D eigenvalue weighted by Crippen LogP contribution is 2.35. The SMILES string of the molecule is CCc1c(CN(C)c2ccccc2)c(CC)c(CN(C)c2ccccc2)c(CC)c1CN(C)c1ccccc1. The number of benzene rings is 4. The molecule has 0 fully saturated rings. The van der Waals surface area contributed by atoms with E-state index in [1.54, 1.807) is 0 Å². The molecule has 0 unspecified atom stereocenters. The minimum absolute atomic E-state index is 0.907. The van der Waals surface area contributed by atoms with Crippen molar-refractivity contribution in [2.45, 2.75) is 59.7 Å². The lowest BCUT2D eigenvalue weighted by Gasteiger charge is -2.32. The van der Waals surface area contributed by atoms with E-state index >= 15 is 0 Å². The van der Waals surface area contributed by atoms with Crippen LogP contribution < -0.4 is 14.7 Å². The monoisotopic (exact) mass is 519 g/mol. The van der Waals surface area contributed by atoms with E-state index in [2.05, 4.69) is 148 Å². The number of nitrogens with zero attached hydrogens (tertiary/aromatic N) is 3. The zero-order valence-corrected chi connectivity index (χ0v) is 24.7. The van der Waals surface area contributed by atoms with Crippen LogP contribution in [0.1, 0.15) is 54.2 Å². The number of para-hydroxylation sites is 3. The molecule has 204 valence electrons. The lowest BCUT2D eigenvalue weighted by molar-refractivity contribution is 0.799. The van der Waals surface area contributed by atoms with Gasteiger partial charge in [-0.15, -0.1) is 0 Å². The highest BCUT2D eigenvalue weighted by atomic mass is 15.1. The largest absolute Gasteiger partial charge is 0.370 e. The van der Waals surface area contributed by atoms with Crippen molar-refractivity contribution in [2.75, 3.05) is 35.8 Å². The number of hydrogen-bond donors (Lipinski definition) is 0. The average molecular weight is 520 g/mol. The van der Waals surface area contributed by atoms with Crippen LogP contribution in [0.2, 0.25) is 0 Å². The molecule has 4 rings (SSSR count). The van der Waals surface area contributed by atoms with Gasteiger partial charge >= 0.3 is 0 Å². The molecule has 0 heterocycles. The molecule has 39 heavy (non-hydrogen) atoms. The predicted octanol–water partition coefficient (Wildman–Crippen LogP) is 8.28. The average Bonchev–Trinajstić information content (AvgIpc) is 2.98. The molecule has 0 saturated carbocycles. The maximum absolute atomic E-state index is 2.41. The molecular weight excluding hydrogens is 474 g/mol. The zero-order chi connectivity index (χ0) is 27.8. The van der Waals surface area contributed by atoms with Crippen molar-refractivity contribution in [2.24, 2.45) is 0 Å². The summed E-state index contributed by atoms with van der Waals surface area (Å²) in [5.74, 6) is 0. The van der Waals surface area contributed by atoms with E-state index in [1.807, 2.05) is 0 Å². The Morgan fingerprint density at radius 3 is 0.795 bits per heavy atom. The fourth-order valence-corrected chi connectivity index (χ4v) is 5.98. The fraction of sp³-hybridized carbons (Fsp3) is 0.333. The molecule has 0 spiro atoms. The van der Waals surface area contributed by atoms with E-state index in [-0.39, 0.29) is 0 Å². The van der Waals surface area contributed by atoms with Gasteiger partial charge in [-0.05, 0) is 89.0 Å². The van der Waals surface area contributed by atoms with E-state index in [9.17, 15) is 0 Å². The highest BCUT2D eigenvalue weighted by molar-refractivity contribution is 5.58. The molecule has 3 heteroatoms. The smallest absolute Gasteiger partial charge is 0.0431 e. The van der Waals surface area contributed by atoms with Gasteiger partial charge in [0.05, 0.1) is 0 Å². The van der Waals surface area contributed by atoms with Crippen molar-refractivity contribution >= 4 is 17.1 Å². The van der Waals surface area contributed by atoms with Crippen LogP contribution in [0.4, 0.5) is 17.1 Å². The van der Waals surface area contributed by atoms with Crippen LogP contribution in [-0.2, 0) is 38.9 Å². The van der Waals surface area contributed by atoms with Crippen LogP contribution in [0.15, 0.2) is 91.0 Å². The Bertz CT molecular complexity index is 1130. The van der Waals surface area contributed by atoms with Crippen LogP contribution in [0, 0.1) is 0 Å². The summed E-state index contributed by atoms with van der Waals surface area (Å²) >= 11 is 0. The maximum Gasteiger partial charge on any atom is 0.0431 e. The van der Waals surface area contributed by atoms with E-state index in [1.165, 1.54) is 50.4 Å². The number of rotatable bonds is 12. The van der Waals surface area contributed by atoms with Gasteiger partial charge in [0, 0.05) is 57.8 Å². The quantitative estimate of drug-likeness (QED) is 0.186. The molecule has 0 amide bonds. The Balaban J connectivity index is 1.87. The van der Waals surface area contributed by atoms with Crippen molar-refractivity contribution in [3.63, 3.8) is 0 Å². The van der Waals surface area contributed by atoms with Crippen LogP contribution in [0.3, 0.4) is 0 Å². The third kappa shape index (κ3) is 6.47. The first-order chi connectivity index (χ1) is 19.0. The zero-order valence-electron chi connectivity index (χ0n) is 24.7. The topological polar surface area (TPSA) is 9.72 Å². The second-order valence-electron chi connectivity index (χ2n) is 10.5. The van der Waals surface area contributed by atoms with Gasteiger partial charge in [-0.25, -0.2) is 0 Å². The summed E-state index contributed by atoms with van der Waals surface area (Å²) in [6.45, 7) is 9.73.